The number of rotatable bonds is 9. The second-order valence-electron chi connectivity index (χ2n) is 6.54. The van der Waals surface area contributed by atoms with Gasteiger partial charge in [0.1, 0.15) is 11.8 Å². The molecular weight excluding hydrogens is 484 g/mol. The van der Waals surface area contributed by atoms with E-state index in [2.05, 4.69) is 9.61 Å². The van der Waals surface area contributed by atoms with Gasteiger partial charge in [-0.1, -0.05) is 18.5 Å². The van der Waals surface area contributed by atoms with Gasteiger partial charge in [0.15, 0.2) is 0 Å². The van der Waals surface area contributed by atoms with E-state index in [0.717, 1.165) is 0 Å². The highest BCUT2D eigenvalue weighted by Gasteiger charge is 2.38. The van der Waals surface area contributed by atoms with Gasteiger partial charge in [0, 0.05) is 5.02 Å². The van der Waals surface area contributed by atoms with Crippen molar-refractivity contribution in [2.24, 2.45) is 0 Å². The van der Waals surface area contributed by atoms with E-state index in [1.165, 1.54) is 31.2 Å². The van der Waals surface area contributed by atoms with Crippen LogP contribution in [0.25, 0.3) is 0 Å². The van der Waals surface area contributed by atoms with Gasteiger partial charge < -0.3 is 13.8 Å². The number of benzene rings is 2. The fraction of sp³-hybridized carbons (Fsp3) is 0.316. The molecule has 0 aliphatic heterocycles. The van der Waals surface area contributed by atoms with E-state index >= 15 is 0 Å². The molecule has 2 aromatic rings. The van der Waals surface area contributed by atoms with Gasteiger partial charge in [-0.05, 0) is 44.5 Å². The number of hydrogen-bond donors (Lipinski definition) is 1. The van der Waals surface area contributed by atoms with Crippen LogP contribution in [0.4, 0.5) is 22.0 Å². The quantitative estimate of drug-likeness (QED) is 0.151. The van der Waals surface area contributed by atoms with E-state index in [1.54, 1.807) is 13.8 Å². The summed E-state index contributed by atoms with van der Waals surface area (Å²) in [6.07, 6.45) is -0.0576. The Balaban J connectivity index is 2.44. The van der Waals surface area contributed by atoms with Crippen LogP contribution in [-0.2, 0) is 14.1 Å². The van der Waals surface area contributed by atoms with Gasteiger partial charge in [-0.15, -0.1) is 0 Å². The molecule has 0 aliphatic rings. The van der Waals surface area contributed by atoms with E-state index in [1.807, 2.05) is 0 Å². The number of ether oxygens (including phenoxy) is 1. The van der Waals surface area contributed by atoms with Gasteiger partial charge in [0.25, 0.3) is 0 Å². The third-order valence-electron chi connectivity index (χ3n) is 4.02. The van der Waals surface area contributed by atoms with Crippen LogP contribution in [0, 0.1) is 29.1 Å². The molecule has 32 heavy (non-hydrogen) atoms. The molecule has 6 nitrogen and oxygen atoms in total. The fourth-order valence-corrected chi connectivity index (χ4v) is 3.81. The lowest BCUT2D eigenvalue weighted by Gasteiger charge is -2.24. The van der Waals surface area contributed by atoms with Crippen molar-refractivity contribution in [3.8, 4) is 11.5 Å². The first-order chi connectivity index (χ1) is 14.9. The van der Waals surface area contributed by atoms with E-state index in [-0.39, 0.29) is 10.8 Å². The molecule has 0 amide bonds. The Morgan fingerprint density at radius 1 is 0.969 bits per heavy atom. The predicted molar refractivity (Wildman–Crippen MR) is 105 cm³/mol. The number of nitrogens with one attached hydrogen (secondary N) is 1. The van der Waals surface area contributed by atoms with Crippen molar-refractivity contribution in [1.82, 2.24) is 5.09 Å². The average Bonchev–Trinajstić information content (AvgIpc) is 2.75. The van der Waals surface area contributed by atoms with E-state index < -0.39 is 60.7 Å². The summed E-state index contributed by atoms with van der Waals surface area (Å²) in [6.45, 7) is 4.49. The van der Waals surface area contributed by atoms with Gasteiger partial charge in [-0.3, -0.25) is 4.79 Å². The third-order valence-corrected chi connectivity index (χ3v) is 5.85. The molecule has 0 aromatic heterocycles. The summed E-state index contributed by atoms with van der Waals surface area (Å²) < 4.78 is 96.6. The van der Waals surface area contributed by atoms with Crippen molar-refractivity contribution in [1.29, 1.82) is 0 Å². The lowest BCUT2D eigenvalue weighted by atomic mass is 10.3. The SMILES string of the molecule is CCC(C)OC(=O)[C@H](C)NP(=O)(Oc1ccc(Cl)cc1)Oc1c(F)c(F)c(F)c(F)c1F. The Bertz CT molecular complexity index is 1010. The molecule has 0 saturated heterocycles. The second kappa shape index (κ2) is 10.5. The van der Waals surface area contributed by atoms with Crippen LogP contribution < -0.4 is 14.1 Å². The second-order valence-corrected chi connectivity index (χ2v) is 8.59. The van der Waals surface area contributed by atoms with Gasteiger partial charge in [0.05, 0.1) is 6.10 Å². The molecule has 176 valence electrons. The van der Waals surface area contributed by atoms with Crippen LogP contribution in [0.2, 0.25) is 5.02 Å². The van der Waals surface area contributed by atoms with Crippen molar-refractivity contribution in [3.05, 3.63) is 58.4 Å². The summed E-state index contributed by atoms with van der Waals surface area (Å²) in [6, 6.07) is 3.57. The molecular formula is C19H18ClF5NO5P. The number of halogens is 6. The number of hydrogen-bond acceptors (Lipinski definition) is 5. The Labute approximate surface area is 185 Å². The smallest absolute Gasteiger partial charge is 0.462 e. The molecule has 0 bridgehead atoms. The fourth-order valence-electron chi connectivity index (χ4n) is 2.16. The first-order valence-corrected chi connectivity index (χ1v) is 11.0. The highest BCUT2D eigenvalue weighted by molar-refractivity contribution is 7.52. The van der Waals surface area contributed by atoms with Gasteiger partial charge in [-0.25, -0.2) is 17.7 Å². The molecule has 1 N–H and O–H groups in total. The maximum absolute atomic E-state index is 14.1. The standard InChI is InChI=1S/C19H18ClF5NO5P/c1-4-9(2)29-19(27)10(3)26-32(28,30-12-7-5-11(20)6-8-12)31-18-16(24)14(22)13(21)15(23)17(18)25/h5-10H,4H2,1-3H3,(H,26,28)/t9?,10-,32?/m0/s1. The third kappa shape index (κ3) is 6.11. The van der Waals surface area contributed by atoms with Crippen LogP contribution in [0.5, 0.6) is 11.5 Å². The number of carbonyl (C=O) groups excluding carboxylic acids is 1. The van der Waals surface area contributed by atoms with E-state index in [9.17, 15) is 31.3 Å². The van der Waals surface area contributed by atoms with Crippen molar-refractivity contribution in [3.63, 3.8) is 0 Å². The van der Waals surface area contributed by atoms with Crippen molar-refractivity contribution < 1.29 is 45.1 Å². The lowest BCUT2D eigenvalue weighted by molar-refractivity contribution is -0.150. The van der Waals surface area contributed by atoms with Crippen molar-refractivity contribution in [2.45, 2.75) is 39.3 Å². The summed E-state index contributed by atoms with van der Waals surface area (Å²) in [5.41, 5.74) is 0. The van der Waals surface area contributed by atoms with E-state index in [0.29, 0.717) is 6.42 Å². The average molecular weight is 502 g/mol. The summed E-state index contributed by atoms with van der Waals surface area (Å²) in [5, 5.41) is 2.33. The normalized spacial score (nSPS) is 14.9. The maximum atomic E-state index is 14.1. The lowest BCUT2D eigenvalue weighted by Crippen LogP contribution is -2.37. The predicted octanol–water partition coefficient (Wildman–Crippen LogP) is 5.92. The van der Waals surface area contributed by atoms with E-state index in [4.69, 9.17) is 20.9 Å². The van der Waals surface area contributed by atoms with Crippen LogP contribution >= 0.6 is 19.3 Å². The molecule has 0 spiro atoms. The molecule has 0 aliphatic carbocycles. The first-order valence-electron chi connectivity index (χ1n) is 9.13. The summed E-state index contributed by atoms with van der Waals surface area (Å²) in [4.78, 5) is 12.2. The van der Waals surface area contributed by atoms with Crippen LogP contribution in [0.1, 0.15) is 27.2 Å². The van der Waals surface area contributed by atoms with Crippen LogP contribution in [0.3, 0.4) is 0 Å². The molecule has 2 rings (SSSR count). The summed E-state index contributed by atoms with van der Waals surface area (Å²) in [5.74, 6) is -14.8. The largest absolute Gasteiger partial charge is 0.513 e. The molecule has 0 heterocycles. The van der Waals surface area contributed by atoms with Gasteiger partial charge in [-0.2, -0.15) is 13.9 Å². The monoisotopic (exact) mass is 501 g/mol. The van der Waals surface area contributed by atoms with Crippen LogP contribution in [0.15, 0.2) is 24.3 Å². The molecule has 0 radical (unpaired) electrons. The maximum Gasteiger partial charge on any atom is 0.513 e. The Hall–Kier alpha value is -2.36. The first kappa shape index (κ1) is 25.9. The number of esters is 1. The van der Waals surface area contributed by atoms with Crippen molar-refractivity contribution >= 4 is 25.3 Å². The zero-order chi connectivity index (χ0) is 24.2. The molecule has 3 atom stereocenters. The molecule has 2 aromatic carbocycles. The van der Waals surface area contributed by atoms with Gasteiger partial charge >= 0.3 is 13.7 Å². The Kier molecular flexibility index (Phi) is 8.50. The topological polar surface area (TPSA) is 73.9 Å². The Morgan fingerprint density at radius 2 is 1.47 bits per heavy atom. The Morgan fingerprint density at radius 3 is 1.97 bits per heavy atom. The van der Waals surface area contributed by atoms with Crippen LogP contribution in [-0.4, -0.2) is 18.1 Å². The molecule has 13 heteroatoms. The minimum Gasteiger partial charge on any atom is -0.462 e. The van der Waals surface area contributed by atoms with Gasteiger partial charge in [0.2, 0.25) is 34.8 Å². The zero-order valence-electron chi connectivity index (χ0n) is 16.9. The number of carbonyl (C=O) groups is 1. The highest BCUT2D eigenvalue weighted by atomic mass is 35.5. The summed E-state index contributed by atoms with van der Waals surface area (Å²) in [7, 11) is -4.98. The molecule has 0 fully saturated rings. The zero-order valence-corrected chi connectivity index (χ0v) is 18.6. The highest BCUT2D eigenvalue weighted by Crippen LogP contribution is 2.47. The molecule has 2 unspecified atom stereocenters. The minimum atomic E-state index is -4.98. The minimum absolute atomic E-state index is 0.211. The van der Waals surface area contributed by atoms with Crippen molar-refractivity contribution in [2.75, 3.05) is 0 Å². The molecule has 0 saturated carbocycles. The summed E-state index contributed by atoms with van der Waals surface area (Å²) >= 11 is 5.74.